The van der Waals surface area contributed by atoms with Gasteiger partial charge in [0.25, 0.3) is 0 Å². The summed E-state index contributed by atoms with van der Waals surface area (Å²) in [6, 6.07) is -0.358. The number of amides is 1. The summed E-state index contributed by atoms with van der Waals surface area (Å²) >= 11 is 0. The van der Waals surface area contributed by atoms with Crippen LogP contribution >= 0.6 is 0 Å². The number of aryl methyl sites for hydroxylation is 1. The molecule has 1 aromatic heterocycles. The van der Waals surface area contributed by atoms with Crippen molar-refractivity contribution in [2.24, 2.45) is 5.73 Å². The van der Waals surface area contributed by atoms with E-state index in [1.54, 1.807) is 4.68 Å². The second-order valence-corrected chi connectivity index (χ2v) is 5.50. The summed E-state index contributed by atoms with van der Waals surface area (Å²) in [4.78, 5) is 12.0. The van der Waals surface area contributed by atoms with Crippen LogP contribution in [0.1, 0.15) is 45.9 Å². The maximum Gasteiger partial charge on any atom is 0.245 e. The Morgan fingerprint density at radius 2 is 2.22 bits per heavy atom. The first-order valence-electron chi connectivity index (χ1n) is 6.26. The molecule has 0 saturated carbocycles. The highest BCUT2D eigenvalue weighted by atomic mass is 16.2. The van der Waals surface area contributed by atoms with E-state index in [2.05, 4.69) is 15.6 Å². The van der Waals surface area contributed by atoms with E-state index in [0.717, 1.165) is 18.5 Å². The average Bonchev–Trinajstić information content (AvgIpc) is 2.71. The highest BCUT2D eigenvalue weighted by Gasteiger charge is 2.21. The van der Waals surface area contributed by atoms with Gasteiger partial charge in [0.15, 0.2) is 0 Å². The van der Waals surface area contributed by atoms with Gasteiger partial charge in [0.1, 0.15) is 6.04 Å². The molecule has 0 radical (unpaired) electrons. The lowest BCUT2D eigenvalue weighted by Gasteiger charge is -2.23. The Hall–Kier alpha value is -1.43. The van der Waals surface area contributed by atoms with Crippen LogP contribution in [0.4, 0.5) is 0 Å². The molecule has 6 heteroatoms. The fraction of sp³-hybridized carbons (Fsp3) is 0.750. The molecule has 1 amide bonds. The van der Waals surface area contributed by atoms with Crippen molar-refractivity contribution >= 4 is 5.91 Å². The van der Waals surface area contributed by atoms with Crippen LogP contribution in [-0.4, -0.2) is 33.0 Å². The molecule has 102 valence electrons. The van der Waals surface area contributed by atoms with Crippen LogP contribution in [-0.2, 0) is 11.2 Å². The summed E-state index contributed by atoms with van der Waals surface area (Å²) in [6.45, 7) is 8.29. The van der Waals surface area contributed by atoms with Gasteiger partial charge in [-0.1, -0.05) is 5.21 Å². The van der Waals surface area contributed by atoms with E-state index in [4.69, 9.17) is 5.73 Å². The van der Waals surface area contributed by atoms with Gasteiger partial charge in [0.2, 0.25) is 5.91 Å². The van der Waals surface area contributed by atoms with Crippen molar-refractivity contribution in [1.29, 1.82) is 0 Å². The Labute approximate surface area is 108 Å². The Kier molecular flexibility index (Phi) is 4.84. The Morgan fingerprint density at radius 3 is 2.78 bits per heavy atom. The van der Waals surface area contributed by atoms with Crippen molar-refractivity contribution in [2.75, 3.05) is 6.54 Å². The van der Waals surface area contributed by atoms with Crippen LogP contribution in [0.5, 0.6) is 0 Å². The van der Waals surface area contributed by atoms with E-state index in [9.17, 15) is 4.79 Å². The molecule has 0 saturated heterocycles. The molecule has 0 aliphatic rings. The molecule has 18 heavy (non-hydrogen) atoms. The van der Waals surface area contributed by atoms with Crippen molar-refractivity contribution in [3.63, 3.8) is 0 Å². The molecule has 6 nitrogen and oxygen atoms in total. The zero-order valence-electron chi connectivity index (χ0n) is 11.6. The summed E-state index contributed by atoms with van der Waals surface area (Å²) in [5, 5.41) is 10.9. The third-order valence-electron chi connectivity index (χ3n) is 2.47. The zero-order chi connectivity index (χ0) is 13.8. The predicted molar refractivity (Wildman–Crippen MR) is 70.0 cm³/mol. The summed E-state index contributed by atoms with van der Waals surface area (Å²) < 4.78 is 1.59. The topological polar surface area (TPSA) is 85.8 Å². The third kappa shape index (κ3) is 4.44. The van der Waals surface area contributed by atoms with E-state index in [0.29, 0.717) is 6.54 Å². The molecule has 0 bridgehead atoms. The second-order valence-electron chi connectivity index (χ2n) is 5.50. The first-order chi connectivity index (χ1) is 8.33. The van der Waals surface area contributed by atoms with Crippen LogP contribution in [0, 0.1) is 0 Å². The largest absolute Gasteiger partial charge is 0.350 e. The number of hydrogen-bond donors (Lipinski definition) is 2. The fourth-order valence-electron chi connectivity index (χ4n) is 1.49. The van der Waals surface area contributed by atoms with Gasteiger partial charge in [-0.15, -0.1) is 5.10 Å². The van der Waals surface area contributed by atoms with Crippen molar-refractivity contribution < 1.29 is 4.79 Å². The Balaban J connectivity index is 2.63. The van der Waals surface area contributed by atoms with Crippen LogP contribution in [0.25, 0.3) is 0 Å². The molecule has 0 aliphatic heterocycles. The minimum absolute atomic E-state index is 0.0576. The maximum absolute atomic E-state index is 12.0. The van der Waals surface area contributed by atoms with Crippen molar-refractivity contribution in [3.8, 4) is 0 Å². The number of rotatable bonds is 5. The molecular weight excluding hydrogens is 230 g/mol. The summed E-state index contributed by atoms with van der Waals surface area (Å²) in [7, 11) is 0. The normalized spacial score (nSPS) is 13.4. The molecule has 0 aromatic carbocycles. The lowest BCUT2D eigenvalue weighted by atomic mass is 10.1. The molecule has 1 rings (SSSR count). The number of carbonyl (C=O) groups is 1. The van der Waals surface area contributed by atoms with Gasteiger partial charge in [-0.2, -0.15) is 0 Å². The molecule has 3 N–H and O–H groups in total. The molecule has 0 aliphatic carbocycles. The minimum Gasteiger partial charge on any atom is -0.350 e. The fourth-order valence-corrected chi connectivity index (χ4v) is 1.49. The third-order valence-corrected chi connectivity index (χ3v) is 2.47. The van der Waals surface area contributed by atoms with Crippen LogP contribution in [0.3, 0.4) is 0 Å². The first kappa shape index (κ1) is 14.6. The number of aromatic nitrogens is 3. The van der Waals surface area contributed by atoms with E-state index < -0.39 is 0 Å². The molecule has 1 heterocycles. The number of nitrogens with zero attached hydrogens (tertiary/aromatic N) is 3. The van der Waals surface area contributed by atoms with E-state index in [-0.39, 0.29) is 17.5 Å². The Morgan fingerprint density at radius 1 is 1.56 bits per heavy atom. The average molecular weight is 253 g/mol. The van der Waals surface area contributed by atoms with E-state index in [1.165, 1.54) is 0 Å². The van der Waals surface area contributed by atoms with Gasteiger partial charge in [-0.05, 0) is 47.1 Å². The number of nitrogens with one attached hydrogen (secondary N) is 1. The monoisotopic (exact) mass is 253 g/mol. The van der Waals surface area contributed by atoms with Gasteiger partial charge in [-0.25, -0.2) is 4.68 Å². The summed E-state index contributed by atoms with van der Waals surface area (Å²) in [6.07, 6.45) is 3.48. The standard InChI is InChI=1S/C12H23N5O/c1-9(11(18)14-12(2,3)4)17-8-10(15-16-17)6-5-7-13/h8-9H,5-7,13H2,1-4H3,(H,14,18). The Bertz CT molecular complexity index is 393. The quantitative estimate of drug-likeness (QED) is 0.806. The lowest BCUT2D eigenvalue weighted by Crippen LogP contribution is -2.43. The van der Waals surface area contributed by atoms with Crippen LogP contribution < -0.4 is 11.1 Å². The highest BCUT2D eigenvalue weighted by molar-refractivity contribution is 5.80. The van der Waals surface area contributed by atoms with Crippen molar-refractivity contribution in [2.45, 2.75) is 52.1 Å². The van der Waals surface area contributed by atoms with Gasteiger partial charge in [0, 0.05) is 11.7 Å². The predicted octanol–water partition coefficient (Wildman–Crippen LogP) is 0.645. The lowest BCUT2D eigenvalue weighted by molar-refractivity contribution is -0.125. The first-order valence-corrected chi connectivity index (χ1v) is 6.26. The van der Waals surface area contributed by atoms with Gasteiger partial charge in [0.05, 0.1) is 5.69 Å². The maximum atomic E-state index is 12.0. The molecule has 0 fully saturated rings. The molecule has 1 atom stereocenters. The summed E-state index contributed by atoms with van der Waals surface area (Å²) in [5.41, 5.74) is 6.07. The van der Waals surface area contributed by atoms with E-state index >= 15 is 0 Å². The second kappa shape index (κ2) is 5.95. The van der Waals surface area contributed by atoms with E-state index in [1.807, 2.05) is 33.9 Å². The summed E-state index contributed by atoms with van der Waals surface area (Å²) in [5.74, 6) is -0.0576. The van der Waals surface area contributed by atoms with Gasteiger partial charge >= 0.3 is 0 Å². The van der Waals surface area contributed by atoms with Crippen LogP contribution in [0.2, 0.25) is 0 Å². The number of nitrogens with two attached hydrogens (primary N) is 1. The van der Waals surface area contributed by atoms with Gasteiger partial charge in [-0.3, -0.25) is 4.79 Å². The molecule has 0 spiro atoms. The minimum atomic E-state index is -0.358. The van der Waals surface area contributed by atoms with Gasteiger partial charge < -0.3 is 11.1 Å². The smallest absolute Gasteiger partial charge is 0.245 e. The zero-order valence-corrected chi connectivity index (χ0v) is 11.6. The molecule has 1 aromatic rings. The van der Waals surface area contributed by atoms with Crippen molar-refractivity contribution in [3.05, 3.63) is 11.9 Å². The number of carbonyl (C=O) groups excluding carboxylic acids is 1. The molecule has 1 unspecified atom stereocenters. The number of hydrogen-bond acceptors (Lipinski definition) is 4. The SMILES string of the molecule is CC(C(=O)NC(C)(C)C)n1cc(CCCN)nn1. The van der Waals surface area contributed by atoms with Crippen molar-refractivity contribution in [1.82, 2.24) is 20.3 Å². The van der Waals surface area contributed by atoms with Crippen LogP contribution in [0.15, 0.2) is 6.20 Å². The highest BCUT2D eigenvalue weighted by Crippen LogP contribution is 2.08. The molecular formula is C12H23N5O.